The molecule has 0 aromatic heterocycles. The van der Waals surface area contributed by atoms with Crippen molar-refractivity contribution in [3.63, 3.8) is 0 Å². The molecule has 1 saturated carbocycles. The molecule has 0 aliphatic heterocycles. The van der Waals surface area contributed by atoms with Crippen LogP contribution >= 0.6 is 0 Å². The Morgan fingerprint density at radius 1 is 0.788 bits per heavy atom. The van der Waals surface area contributed by atoms with Crippen molar-refractivity contribution < 1.29 is 14.3 Å². The number of hydrogen-bond acceptors (Lipinski definition) is 3. The van der Waals surface area contributed by atoms with Gasteiger partial charge in [-0.05, 0) is 23.3 Å². The summed E-state index contributed by atoms with van der Waals surface area (Å²) in [5, 5.41) is 0. The first-order valence-electron chi connectivity index (χ1n) is 11.5. The molecule has 3 aromatic rings. The normalized spacial score (nSPS) is 24.7. The molecule has 0 amide bonds. The number of hydrogen-bond donors (Lipinski definition) is 0. The van der Waals surface area contributed by atoms with Crippen molar-refractivity contribution in [2.45, 2.75) is 32.5 Å². The van der Waals surface area contributed by atoms with Crippen molar-refractivity contribution in [3.8, 4) is 0 Å². The van der Waals surface area contributed by atoms with Crippen LogP contribution in [0.5, 0.6) is 0 Å². The summed E-state index contributed by atoms with van der Waals surface area (Å²) >= 11 is 0. The van der Waals surface area contributed by atoms with E-state index in [2.05, 4.69) is 26.0 Å². The molecule has 33 heavy (non-hydrogen) atoms. The molecule has 0 N–H and O–H groups in total. The molecule has 3 heteroatoms. The first kappa shape index (κ1) is 21.5. The lowest BCUT2D eigenvalue weighted by molar-refractivity contribution is -0.0578. The summed E-state index contributed by atoms with van der Waals surface area (Å²) in [6, 6.07) is 26.2. The number of ketones is 2. The SMILES string of the molecule is CC1(C)C2C=CC1C(OCc1ccccc1)(C(=O)c1ccc(C(=O)c3ccccc3)cc1)C2. The van der Waals surface area contributed by atoms with E-state index in [1.165, 1.54) is 0 Å². The Balaban J connectivity index is 1.44. The van der Waals surface area contributed by atoms with Crippen molar-refractivity contribution in [1.82, 2.24) is 0 Å². The maximum atomic E-state index is 14.0. The van der Waals surface area contributed by atoms with Gasteiger partial charge >= 0.3 is 0 Å². The largest absolute Gasteiger partial charge is 0.361 e. The quantitative estimate of drug-likeness (QED) is 0.323. The molecule has 0 saturated heterocycles. The Morgan fingerprint density at radius 3 is 1.94 bits per heavy atom. The smallest absolute Gasteiger partial charge is 0.195 e. The van der Waals surface area contributed by atoms with Crippen LogP contribution in [-0.2, 0) is 11.3 Å². The topological polar surface area (TPSA) is 43.4 Å². The summed E-state index contributed by atoms with van der Waals surface area (Å²) in [5.41, 5.74) is 1.92. The molecular weight excluding hydrogens is 408 g/mol. The number of benzene rings is 3. The summed E-state index contributed by atoms with van der Waals surface area (Å²) in [4.78, 5) is 26.8. The first-order valence-corrected chi connectivity index (χ1v) is 11.5. The summed E-state index contributed by atoms with van der Waals surface area (Å²) in [6.45, 7) is 4.85. The third-order valence-corrected chi connectivity index (χ3v) is 7.49. The van der Waals surface area contributed by atoms with E-state index >= 15 is 0 Å². The minimum atomic E-state index is -0.899. The molecule has 0 radical (unpaired) electrons. The number of allylic oxidation sites excluding steroid dienone is 1. The Hall–Kier alpha value is -3.30. The number of Topliss-reactive ketones (excluding diaryl/α,β-unsaturated/α-hetero) is 1. The van der Waals surface area contributed by atoms with Crippen LogP contribution in [0.25, 0.3) is 0 Å². The highest BCUT2D eigenvalue weighted by atomic mass is 16.5. The molecule has 2 aliphatic rings. The van der Waals surface area contributed by atoms with Gasteiger partial charge in [0, 0.05) is 22.6 Å². The van der Waals surface area contributed by atoms with E-state index in [0.717, 1.165) is 5.56 Å². The molecule has 0 heterocycles. The van der Waals surface area contributed by atoms with Gasteiger partial charge in [-0.25, -0.2) is 0 Å². The van der Waals surface area contributed by atoms with Crippen LogP contribution in [0.1, 0.15) is 52.1 Å². The maximum Gasteiger partial charge on any atom is 0.195 e. The fourth-order valence-electron chi connectivity index (χ4n) is 5.52. The highest BCUT2D eigenvalue weighted by Gasteiger charge is 2.63. The molecule has 3 unspecified atom stereocenters. The number of carbonyl (C=O) groups is 2. The molecule has 166 valence electrons. The van der Waals surface area contributed by atoms with E-state index in [4.69, 9.17) is 4.74 Å². The third kappa shape index (κ3) is 3.67. The van der Waals surface area contributed by atoms with Crippen molar-refractivity contribution in [1.29, 1.82) is 0 Å². The van der Waals surface area contributed by atoms with E-state index in [-0.39, 0.29) is 22.9 Å². The fraction of sp³-hybridized carbons (Fsp3) is 0.267. The maximum absolute atomic E-state index is 14.0. The van der Waals surface area contributed by atoms with E-state index < -0.39 is 5.60 Å². The highest BCUT2D eigenvalue weighted by Crippen LogP contribution is 2.60. The van der Waals surface area contributed by atoms with Crippen LogP contribution in [0.2, 0.25) is 0 Å². The van der Waals surface area contributed by atoms with Crippen molar-refractivity contribution in [2.75, 3.05) is 0 Å². The lowest BCUT2D eigenvalue weighted by Crippen LogP contribution is -2.47. The summed E-state index contributed by atoms with van der Waals surface area (Å²) < 4.78 is 6.54. The minimum absolute atomic E-state index is 0.00191. The summed E-state index contributed by atoms with van der Waals surface area (Å²) in [5.74, 6) is 0.272. The highest BCUT2D eigenvalue weighted by molar-refractivity contribution is 6.10. The predicted molar refractivity (Wildman–Crippen MR) is 129 cm³/mol. The lowest BCUT2D eigenvalue weighted by Gasteiger charge is -2.36. The zero-order chi connectivity index (χ0) is 23.1. The van der Waals surface area contributed by atoms with Gasteiger partial charge in [0.1, 0.15) is 5.60 Å². The predicted octanol–water partition coefficient (Wildman–Crippen LogP) is 6.29. The number of carbonyl (C=O) groups excluding carboxylic acids is 2. The Morgan fingerprint density at radius 2 is 1.36 bits per heavy atom. The molecule has 2 bridgehead atoms. The average Bonchev–Trinajstić information content (AvgIpc) is 3.28. The average molecular weight is 437 g/mol. The van der Waals surface area contributed by atoms with Gasteiger partial charge in [-0.1, -0.05) is 111 Å². The van der Waals surface area contributed by atoms with Gasteiger partial charge in [0.05, 0.1) is 6.61 Å². The van der Waals surface area contributed by atoms with Crippen LogP contribution < -0.4 is 0 Å². The standard InChI is InChI=1S/C30H28O3/c1-29(2)25-17-18-26(29)30(19-25,33-20-21-9-5-3-6-10-21)28(32)24-15-13-23(14-16-24)27(31)22-11-7-4-8-12-22/h3-18,25-26H,19-20H2,1-2H3. The van der Waals surface area contributed by atoms with Crippen LogP contribution in [0, 0.1) is 17.3 Å². The van der Waals surface area contributed by atoms with Gasteiger partial charge in [-0.2, -0.15) is 0 Å². The van der Waals surface area contributed by atoms with E-state index in [9.17, 15) is 9.59 Å². The second kappa shape index (κ2) is 8.24. The molecule has 3 aromatic carbocycles. The Labute approximate surface area is 195 Å². The monoisotopic (exact) mass is 436 g/mol. The van der Waals surface area contributed by atoms with Gasteiger partial charge in [-0.3, -0.25) is 9.59 Å². The summed E-state index contributed by atoms with van der Waals surface area (Å²) in [6.07, 6.45) is 5.09. The van der Waals surface area contributed by atoms with E-state index in [1.54, 1.807) is 36.4 Å². The van der Waals surface area contributed by atoms with Gasteiger partial charge in [0.25, 0.3) is 0 Å². The minimum Gasteiger partial charge on any atom is -0.361 e. The second-order valence-electron chi connectivity index (χ2n) is 9.76. The molecule has 3 atom stereocenters. The van der Waals surface area contributed by atoms with Gasteiger partial charge < -0.3 is 4.74 Å². The fourth-order valence-corrected chi connectivity index (χ4v) is 5.52. The van der Waals surface area contributed by atoms with Crippen LogP contribution in [0.4, 0.5) is 0 Å². The Bertz CT molecular complexity index is 1190. The summed E-state index contributed by atoms with van der Waals surface area (Å²) in [7, 11) is 0. The molecule has 1 fully saturated rings. The molecule has 5 rings (SSSR count). The van der Waals surface area contributed by atoms with Crippen molar-refractivity contribution in [2.24, 2.45) is 17.3 Å². The van der Waals surface area contributed by atoms with Gasteiger partial charge in [0.2, 0.25) is 0 Å². The third-order valence-electron chi connectivity index (χ3n) is 7.49. The van der Waals surface area contributed by atoms with Crippen molar-refractivity contribution in [3.05, 3.63) is 119 Å². The lowest BCUT2D eigenvalue weighted by atomic mass is 9.75. The van der Waals surface area contributed by atoms with Crippen LogP contribution in [-0.4, -0.2) is 17.2 Å². The molecule has 0 spiro atoms. The molecular formula is C30H28O3. The number of fused-ring (bicyclic) bond motifs is 2. The molecule has 2 aliphatic carbocycles. The number of rotatable bonds is 7. The van der Waals surface area contributed by atoms with Crippen LogP contribution in [0.3, 0.4) is 0 Å². The molecule has 3 nitrogen and oxygen atoms in total. The van der Waals surface area contributed by atoms with E-state index in [0.29, 0.717) is 35.6 Å². The number of ether oxygens (including phenoxy) is 1. The zero-order valence-electron chi connectivity index (χ0n) is 19.0. The van der Waals surface area contributed by atoms with Crippen LogP contribution in [0.15, 0.2) is 97.1 Å². The van der Waals surface area contributed by atoms with E-state index in [1.807, 2.05) is 48.5 Å². The Kier molecular flexibility index (Phi) is 5.38. The van der Waals surface area contributed by atoms with Crippen molar-refractivity contribution >= 4 is 11.6 Å². The zero-order valence-corrected chi connectivity index (χ0v) is 19.0. The van der Waals surface area contributed by atoms with Gasteiger partial charge in [0.15, 0.2) is 11.6 Å². The second-order valence-corrected chi connectivity index (χ2v) is 9.76. The van der Waals surface area contributed by atoms with Gasteiger partial charge in [-0.15, -0.1) is 0 Å². The first-order chi connectivity index (χ1) is 15.9.